The average Bonchev–Trinajstić information content (AvgIpc) is 3.36. The highest BCUT2D eigenvalue weighted by atomic mass is 19.1. The first kappa shape index (κ1) is 23.3. The van der Waals surface area contributed by atoms with Gasteiger partial charge in [0.05, 0.1) is 11.4 Å². The van der Waals surface area contributed by atoms with Gasteiger partial charge >= 0.3 is 0 Å². The van der Waals surface area contributed by atoms with Crippen LogP contribution in [-0.2, 0) is 6.42 Å². The van der Waals surface area contributed by atoms with Crippen molar-refractivity contribution in [3.63, 3.8) is 0 Å². The van der Waals surface area contributed by atoms with Crippen LogP contribution in [0.5, 0.6) is 0 Å². The highest BCUT2D eigenvalue weighted by Gasteiger charge is 2.34. The van der Waals surface area contributed by atoms with Crippen molar-refractivity contribution in [3.05, 3.63) is 59.7 Å². The third kappa shape index (κ3) is 4.36. The fourth-order valence-electron chi connectivity index (χ4n) is 5.15. The van der Waals surface area contributed by atoms with Crippen LogP contribution < -0.4 is 5.32 Å². The molecule has 3 aromatic rings. The molecule has 0 radical (unpaired) electrons. The number of aromatic nitrogens is 3. The molecule has 0 aliphatic carbocycles. The molecule has 35 heavy (non-hydrogen) atoms. The SMILES string of the molecule is CCc1ncnc(-c2cc(F)c(C(=O)N3CCN4CCC[C@H]4C3)c(F)c2)c1-c1ccc(NC)nc1. The Kier molecular flexibility index (Phi) is 6.42. The van der Waals surface area contributed by atoms with Gasteiger partial charge in [0.2, 0.25) is 0 Å². The zero-order valence-electron chi connectivity index (χ0n) is 19.9. The van der Waals surface area contributed by atoms with Crippen LogP contribution in [0.2, 0.25) is 0 Å². The second-order valence-corrected chi connectivity index (χ2v) is 8.98. The predicted octanol–water partition coefficient (Wildman–Crippen LogP) is 4.01. The number of amides is 1. The summed E-state index contributed by atoms with van der Waals surface area (Å²) in [5, 5.41) is 2.97. The van der Waals surface area contributed by atoms with Gasteiger partial charge in [0.25, 0.3) is 5.91 Å². The fraction of sp³-hybridized carbons (Fsp3) is 0.385. The smallest absolute Gasteiger partial charge is 0.259 e. The second kappa shape index (κ2) is 9.65. The van der Waals surface area contributed by atoms with Crippen LogP contribution >= 0.6 is 0 Å². The lowest BCUT2D eigenvalue weighted by Crippen LogP contribution is -2.52. The van der Waals surface area contributed by atoms with Gasteiger partial charge in [-0.05, 0) is 50.1 Å². The number of aryl methyl sites for hydroxylation is 1. The molecule has 2 aliphatic heterocycles. The molecule has 2 aromatic heterocycles. The van der Waals surface area contributed by atoms with Gasteiger partial charge < -0.3 is 10.2 Å². The number of anilines is 1. The van der Waals surface area contributed by atoms with E-state index in [4.69, 9.17) is 0 Å². The largest absolute Gasteiger partial charge is 0.373 e. The Labute approximate surface area is 203 Å². The van der Waals surface area contributed by atoms with Crippen LogP contribution in [0, 0.1) is 11.6 Å². The Morgan fingerprint density at radius 2 is 1.89 bits per heavy atom. The first-order chi connectivity index (χ1) is 17.0. The number of rotatable bonds is 5. The molecule has 4 heterocycles. The fourth-order valence-corrected chi connectivity index (χ4v) is 5.15. The quantitative estimate of drug-likeness (QED) is 0.598. The van der Waals surface area contributed by atoms with Crippen LogP contribution in [0.4, 0.5) is 14.6 Å². The monoisotopic (exact) mass is 478 g/mol. The number of hydrogen-bond donors (Lipinski definition) is 1. The number of piperazine rings is 1. The number of pyridine rings is 1. The Hall–Kier alpha value is -3.46. The van der Waals surface area contributed by atoms with E-state index in [0.29, 0.717) is 36.6 Å². The van der Waals surface area contributed by atoms with Crippen LogP contribution in [0.1, 0.15) is 35.8 Å². The highest BCUT2D eigenvalue weighted by molar-refractivity contribution is 5.96. The number of fused-ring (bicyclic) bond motifs is 1. The van der Waals surface area contributed by atoms with Crippen molar-refractivity contribution in [1.29, 1.82) is 0 Å². The minimum absolute atomic E-state index is 0.252. The Bertz CT molecular complexity index is 1230. The molecule has 0 unspecified atom stereocenters. The van der Waals surface area contributed by atoms with E-state index in [1.807, 2.05) is 19.1 Å². The molecule has 2 aliphatic rings. The van der Waals surface area contributed by atoms with Crippen LogP contribution in [0.15, 0.2) is 36.8 Å². The van der Waals surface area contributed by atoms with E-state index in [1.54, 1.807) is 18.1 Å². The van der Waals surface area contributed by atoms with Crippen LogP contribution in [0.25, 0.3) is 22.4 Å². The maximum Gasteiger partial charge on any atom is 0.259 e. The molecule has 2 fully saturated rings. The number of carbonyl (C=O) groups is 1. The van der Waals surface area contributed by atoms with Gasteiger partial charge in [-0.25, -0.2) is 23.7 Å². The van der Waals surface area contributed by atoms with Gasteiger partial charge in [0.1, 0.15) is 29.3 Å². The number of nitrogens with one attached hydrogen (secondary N) is 1. The average molecular weight is 479 g/mol. The van der Waals surface area contributed by atoms with Crippen molar-refractivity contribution in [2.75, 3.05) is 38.5 Å². The van der Waals surface area contributed by atoms with E-state index in [1.165, 1.54) is 18.5 Å². The van der Waals surface area contributed by atoms with Gasteiger partial charge in [-0.1, -0.05) is 6.92 Å². The van der Waals surface area contributed by atoms with Crippen molar-refractivity contribution in [3.8, 4) is 22.4 Å². The number of carbonyl (C=O) groups excluding carboxylic acids is 1. The summed E-state index contributed by atoms with van der Waals surface area (Å²) >= 11 is 0. The molecule has 1 atom stereocenters. The van der Waals surface area contributed by atoms with Gasteiger partial charge in [0, 0.05) is 55.6 Å². The predicted molar refractivity (Wildman–Crippen MR) is 130 cm³/mol. The summed E-state index contributed by atoms with van der Waals surface area (Å²) in [7, 11) is 1.78. The lowest BCUT2D eigenvalue weighted by Gasteiger charge is -2.37. The molecule has 7 nitrogen and oxygen atoms in total. The Morgan fingerprint density at radius 1 is 1.09 bits per heavy atom. The Balaban J connectivity index is 1.51. The summed E-state index contributed by atoms with van der Waals surface area (Å²) in [4.78, 5) is 30.1. The first-order valence-electron chi connectivity index (χ1n) is 12.0. The van der Waals surface area contributed by atoms with Gasteiger partial charge in [-0.15, -0.1) is 0 Å². The van der Waals surface area contributed by atoms with Crippen molar-refractivity contribution < 1.29 is 13.6 Å². The summed E-state index contributed by atoms with van der Waals surface area (Å²) in [5.41, 5.74) is 2.29. The maximum absolute atomic E-state index is 15.3. The molecule has 1 N–H and O–H groups in total. The van der Waals surface area contributed by atoms with Gasteiger partial charge in [-0.3, -0.25) is 9.69 Å². The number of halogens is 2. The molecule has 9 heteroatoms. The minimum Gasteiger partial charge on any atom is -0.373 e. The number of hydrogen-bond acceptors (Lipinski definition) is 6. The summed E-state index contributed by atoms with van der Waals surface area (Å²) < 4.78 is 30.6. The third-order valence-corrected chi connectivity index (χ3v) is 6.97. The summed E-state index contributed by atoms with van der Waals surface area (Å²) in [6, 6.07) is 6.36. The van der Waals surface area contributed by atoms with Gasteiger partial charge in [0.15, 0.2) is 0 Å². The van der Waals surface area contributed by atoms with E-state index < -0.39 is 23.1 Å². The van der Waals surface area contributed by atoms with Crippen LogP contribution in [0.3, 0.4) is 0 Å². The summed E-state index contributed by atoms with van der Waals surface area (Å²) in [5.74, 6) is -1.67. The molecule has 1 amide bonds. The minimum atomic E-state index is -0.884. The van der Waals surface area contributed by atoms with Crippen LogP contribution in [-0.4, -0.2) is 69.9 Å². The maximum atomic E-state index is 15.3. The molecule has 1 aromatic carbocycles. The van der Waals surface area contributed by atoms with E-state index >= 15 is 8.78 Å². The second-order valence-electron chi connectivity index (χ2n) is 8.98. The number of nitrogens with zero attached hydrogens (tertiary/aromatic N) is 5. The highest BCUT2D eigenvalue weighted by Crippen LogP contribution is 2.34. The van der Waals surface area contributed by atoms with Crippen molar-refractivity contribution in [2.24, 2.45) is 0 Å². The third-order valence-electron chi connectivity index (χ3n) is 6.97. The zero-order chi connectivity index (χ0) is 24.5. The molecule has 182 valence electrons. The van der Waals surface area contributed by atoms with E-state index in [2.05, 4.69) is 25.2 Å². The topological polar surface area (TPSA) is 74.2 Å². The number of benzene rings is 1. The van der Waals surface area contributed by atoms with Gasteiger partial charge in [-0.2, -0.15) is 0 Å². The molecule has 0 bridgehead atoms. The van der Waals surface area contributed by atoms with Crippen molar-refractivity contribution in [1.82, 2.24) is 24.8 Å². The van der Waals surface area contributed by atoms with E-state index in [-0.39, 0.29) is 11.6 Å². The molecular weight excluding hydrogens is 450 g/mol. The zero-order valence-corrected chi connectivity index (χ0v) is 19.9. The molecule has 0 spiro atoms. The molecule has 0 saturated carbocycles. The lowest BCUT2D eigenvalue weighted by atomic mass is 9.96. The van der Waals surface area contributed by atoms with E-state index in [0.717, 1.165) is 37.2 Å². The molecular formula is C26H28F2N6O. The summed E-state index contributed by atoms with van der Waals surface area (Å²) in [6.45, 7) is 4.70. The Morgan fingerprint density at radius 3 is 2.57 bits per heavy atom. The standard InChI is InChI=1S/C26H28F2N6O/c1-3-21-23(16-6-7-22(29-2)30-13-16)25(32-15-31-21)17-11-19(27)24(20(28)12-17)26(35)34-10-9-33-8-4-5-18(33)14-34/h6-7,11-13,15,18H,3-5,8-10,14H2,1-2H3,(H,29,30)/t18-/m0/s1. The molecule has 5 rings (SSSR count). The van der Waals surface area contributed by atoms with Crippen molar-refractivity contribution >= 4 is 11.7 Å². The summed E-state index contributed by atoms with van der Waals surface area (Å²) in [6.07, 6.45) is 5.78. The lowest BCUT2D eigenvalue weighted by molar-refractivity contribution is 0.0562. The molecule has 2 saturated heterocycles. The normalized spacial score (nSPS) is 17.9. The van der Waals surface area contributed by atoms with Crippen molar-refractivity contribution in [2.45, 2.75) is 32.2 Å². The first-order valence-corrected chi connectivity index (χ1v) is 12.0. The van der Waals surface area contributed by atoms with E-state index in [9.17, 15) is 4.79 Å².